The molecule has 248 valence electrons. The highest BCUT2D eigenvalue weighted by Crippen LogP contribution is 2.32. The smallest absolute Gasteiger partial charge is 0.435 e. The molecule has 47 heavy (non-hydrogen) atoms. The molecule has 11 nitrogen and oxygen atoms in total. The van der Waals surface area contributed by atoms with E-state index in [4.69, 9.17) is 0 Å². The molecule has 2 aromatic carbocycles. The molecule has 0 radical (unpaired) electrons. The maximum absolute atomic E-state index is 13.8. The quantitative estimate of drug-likeness (QED) is 0.167. The van der Waals surface area contributed by atoms with Crippen LogP contribution in [0.15, 0.2) is 67.0 Å². The number of hydrogen-bond donors (Lipinski definition) is 3. The first kappa shape index (κ1) is 33.4. The average Bonchev–Trinajstić information content (AvgIpc) is 3.52. The molecule has 2 heterocycles. The van der Waals surface area contributed by atoms with Gasteiger partial charge in [0.2, 0.25) is 0 Å². The molecule has 1 unspecified atom stereocenters. The molecule has 0 bridgehead atoms. The van der Waals surface area contributed by atoms with Crippen LogP contribution >= 0.6 is 0 Å². The molecule has 1 aliphatic carbocycles. The minimum atomic E-state index is -4.84. The first-order valence-corrected chi connectivity index (χ1v) is 15.0. The topological polar surface area (TPSA) is 134 Å². The molecule has 2 amide bonds. The van der Waals surface area contributed by atoms with E-state index < -0.39 is 35.5 Å². The van der Waals surface area contributed by atoms with E-state index in [9.17, 15) is 32.7 Å². The number of ketones is 1. The highest BCUT2D eigenvalue weighted by molar-refractivity contribution is 6.04. The van der Waals surface area contributed by atoms with E-state index in [2.05, 4.69) is 20.8 Å². The summed E-state index contributed by atoms with van der Waals surface area (Å²) in [5.41, 5.74) is -0.524. The maximum Gasteiger partial charge on any atom is 0.435 e. The number of carbonyl (C=O) groups is 3. The van der Waals surface area contributed by atoms with Crippen molar-refractivity contribution in [1.82, 2.24) is 29.8 Å². The SMILES string of the molecule is Cn1cc(C(=O)C(NCC2CC2)c2cccc(NC(=O)c3cc(C(F)(F)F)nn3-c3cccc(CN(C(=O)O)C(C)(C)C)c3)c2)cn1. The van der Waals surface area contributed by atoms with E-state index in [1.54, 1.807) is 70.4 Å². The van der Waals surface area contributed by atoms with Crippen molar-refractivity contribution in [3.63, 3.8) is 0 Å². The summed E-state index contributed by atoms with van der Waals surface area (Å²) < 4.78 is 43.9. The summed E-state index contributed by atoms with van der Waals surface area (Å²) in [6, 6.07) is 12.7. The van der Waals surface area contributed by atoms with Gasteiger partial charge in [-0.3, -0.25) is 19.2 Å². The number of benzene rings is 2. The van der Waals surface area contributed by atoms with Crippen LogP contribution < -0.4 is 10.6 Å². The zero-order valence-electron chi connectivity index (χ0n) is 26.4. The first-order valence-electron chi connectivity index (χ1n) is 15.0. The number of anilines is 1. The van der Waals surface area contributed by atoms with E-state index >= 15 is 0 Å². The Balaban J connectivity index is 1.44. The predicted octanol–water partition coefficient (Wildman–Crippen LogP) is 6.08. The Kier molecular flexibility index (Phi) is 9.25. The highest BCUT2D eigenvalue weighted by atomic mass is 19.4. The fourth-order valence-electron chi connectivity index (χ4n) is 5.11. The monoisotopic (exact) mass is 651 g/mol. The fourth-order valence-corrected chi connectivity index (χ4v) is 5.11. The summed E-state index contributed by atoms with van der Waals surface area (Å²) in [4.78, 5) is 40.1. The van der Waals surface area contributed by atoms with Gasteiger partial charge in [0.25, 0.3) is 5.91 Å². The number of nitrogens with zero attached hydrogens (tertiary/aromatic N) is 5. The summed E-state index contributed by atoms with van der Waals surface area (Å²) in [6.07, 6.45) is -0.746. The summed E-state index contributed by atoms with van der Waals surface area (Å²) in [6.45, 7) is 5.77. The number of carbonyl (C=O) groups excluding carboxylic acids is 2. The molecule has 1 saturated carbocycles. The third kappa shape index (κ3) is 8.06. The van der Waals surface area contributed by atoms with E-state index in [0.29, 0.717) is 35.2 Å². The second-order valence-electron chi connectivity index (χ2n) is 12.7. The summed E-state index contributed by atoms with van der Waals surface area (Å²) >= 11 is 0. The fraction of sp³-hybridized carbons (Fsp3) is 0.364. The van der Waals surface area contributed by atoms with Crippen LogP contribution in [0.4, 0.5) is 23.7 Å². The van der Waals surface area contributed by atoms with Crippen LogP contribution in [0.2, 0.25) is 0 Å². The molecular weight excluding hydrogens is 615 g/mol. The van der Waals surface area contributed by atoms with E-state index in [-0.39, 0.29) is 29.4 Å². The van der Waals surface area contributed by atoms with Crippen LogP contribution in [0.1, 0.15) is 77.3 Å². The van der Waals surface area contributed by atoms with Crippen molar-refractivity contribution >= 4 is 23.5 Å². The number of aryl methyl sites for hydroxylation is 1. The van der Waals surface area contributed by atoms with E-state index in [0.717, 1.165) is 17.5 Å². The van der Waals surface area contributed by atoms with Crippen molar-refractivity contribution in [2.24, 2.45) is 13.0 Å². The Morgan fingerprint density at radius 2 is 1.79 bits per heavy atom. The molecule has 0 aliphatic heterocycles. The molecule has 2 aromatic heterocycles. The van der Waals surface area contributed by atoms with Crippen LogP contribution in [0, 0.1) is 5.92 Å². The Morgan fingerprint density at radius 1 is 1.06 bits per heavy atom. The molecule has 3 N–H and O–H groups in total. The first-order chi connectivity index (χ1) is 22.1. The number of carboxylic acid groups (broad SMARTS) is 1. The normalized spacial score (nSPS) is 14.1. The van der Waals surface area contributed by atoms with E-state index in [1.807, 2.05) is 0 Å². The Bertz CT molecular complexity index is 1790. The van der Waals surface area contributed by atoms with Gasteiger partial charge in [0.05, 0.1) is 23.5 Å². The third-order valence-electron chi connectivity index (χ3n) is 7.81. The van der Waals surface area contributed by atoms with Crippen LogP contribution in [0.3, 0.4) is 0 Å². The number of hydrogen-bond acceptors (Lipinski definition) is 6. The highest BCUT2D eigenvalue weighted by Gasteiger charge is 2.36. The molecule has 5 rings (SSSR count). The zero-order chi connectivity index (χ0) is 34.1. The van der Waals surface area contributed by atoms with Gasteiger partial charge in [-0.15, -0.1) is 0 Å². The minimum absolute atomic E-state index is 0.0396. The summed E-state index contributed by atoms with van der Waals surface area (Å²) in [5.74, 6) is -0.592. The molecule has 4 aromatic rings. The minimum Gasteiger partial charge on any atom is -0.465 e. The van der Waals surface area contributed by atoms with Crippen LogP contribution in [-0.2, 0) is 19.8 Å². The lowest BCUT2D eigenvalue weighted by Gasteiger charge is -2.33. The molecule has 14 heteroatoms. The Labute approximate surface area is 269 Å². The van der Waals surface area contributed by atoms with Gasteiger partial charge in [-0.1, -0.05) is 24.3 Å². The van der Waals surface area contributed by atoms with Crippen LogP contribution in [-0.4, -0.2) is 59.4 Å². The number of nitrogens with one attached hydrogen (secondary N) is 2. The molecular formula is C33H36F3N7O4. The van der Waals surface area contributed by atoms with Gasteiger partial charge in [-0.25, -0.2) is 9.48 Å². The van der Waals surface area contributed by atoms with Crippen molar-refractivity contribution < 1.29 is 32.7 Å². The van der Waals surface area contributed by atoms with Gasteiger partial charge < -0.3 is 15.7 Å². The van der Waals surface area contributed by atoms with Crippen LogP contribution in [0.25, 0.3) is 5.69 Å². The van der Waals surface area contributed by atoms with Crippen molar-refractivity contribution in [2.45, 2.75) is 57.9 Å². The molecule has 0 saturated heterocycles. The molecule has 1 atom stereocenters. The van der Waals surface area contributed by atoms with Gasteiger partial charge in [0.1, 0.15) is 5.69 Å². The zero-order valence-corrected chi connectivity index (χ0v) is 26.4. The lowest BCUT2D eigenvalue weighted by Crippen LogP contribution is -2.44. The molecule has 1 aliphatic rings. The van der Waals surface area contributed by atoms with Crippen molar-refractivity contribution in [3.05, 3.63) is 95.1 Å². The number of amides is 2. The summed E-state index contributed by atoms with van der Waals surface area (Å²) in [7, 11) is 1.71. The number of alkyl halides is 3. The largest absolute Gasteiger partial charge is 0.465 e. The standard InChI is InChI=1S/C33H36F3N7O4/c1-32(2,3)42(31(46)47)18-21-7-5-10-25(13-21)43-26(15-27(40-43)33(34,35)36)30(45)39-24-9-6-8-22(14-24)28(37-16-20-11-12-20)29(44)23-17-38-41(4)19-23/h5-10,13-15,17,19-20,28,37H,11-12,16,18H2,1-4H3,(H,39,45)(H,46,47). The van der Waals surface area contributed by atoms with Gasteiger partial charge in [-0.2, -0.15) is 23.4 Å². The number of halogens is 3. The third-order valence-corrected chi connectivity index (χ3v) is 7.81. The van der Waals surface area contributed by atoms with Gasteiger partial charge >= 0.3 is 12.3 Å². The number of aromatic nitrogens is 4. The van der Waals surface area contributed by atoms with Crippen molar-refractivity contribution in [3.8, 4) is 5.69 Å². The van der Waals surface area contributed by atoms with Crippen molar-refractivity contribution in [2.75, 3.05) is 11.9 Å². The van der Waals surface area contributed by atoms with E-state index in [1.165, 1.54) is 27.9 Å². The maximum atomic E-state index is 13.8. The lowest BCUT2D eigenvalue weighted by atomic mass is 9.98. The Morgan fingerprint density at radius 3 is 2.40 bits per heavy atom. The molecule has 1 fully saturated rings. The van der Waals surface area contributed by atoms with Crippen molar-refractivity contribution in [1.29, 1.82) is 0 Å². The summed E-state index contributed by atoms with van der Waals surface area (Å²) in [5, 5.41) is 23.5. The van der Waals surface area contributed by atoms with Gasteiger partial charge in [0, 0.05) is 37.1 Å². The van der Waals surface area contributed by atoms with Gasteiger partial charge in [-0.05, 0) is 81.5 Å². The second kappa shape index (κ2) is 13.0. The number of rotatable bonds is 11. The van der Waals surface area contributed by atoms with Gasteiger partial charge in [0.15, 0.2) is 11.5 Å². The number of Topliss-reactive ketones (excluding diaryl/α,β-unsaturated/α-hetero) is 1. The lowest BCUT2D eigenvalue weighted by molar-refractivity contribution is -0.141. The Hall–Kier alpha value is -4.98. The molecule has 0 spiro atoms. The predicted molar refractivity (Wildman–Crippen MR) is 167 cm³/mol. The van der Waals surface area contributed by atoms with Crippen LogP contribution in [0.5, 0.6) is 0 Å². The second-order valence-corrected chi connectivity index (χ2v) is 12.7. The average molecular weight is 652 g/mol.